The van der Waals surface area contributed by atoms with E-state index in [-0.39, 0.29) is 5.78 Å². The van der Waals surface area contributed by atoms with Gasteiger partial charge in [0.15, 0.2) is 5.82 Å². The lowest BCUT2D eigenvalue weighted by Gasteiger charge is -2.06. The molecule has 0 saturated heterocycles. The topological polar surface area (TPSA) is 34.9 Å². The van der Waals surface area contributed by atoms with Crippen molar-refractivity contribution in [3.8, 4) is 0 Å². The fourth-order valence-corrected chi connectivity index (χ4v) is 2.25. The van der Waals surface area contributed by atoms with Gasteiger partial charge in [-0.2, -0.15) is 0 Å². The summed E-state index contributed by atoms with van der Waals surface area (Å²) in [6.07, 6.45) is 3.48. The molecule has 4 heteroatoms. The maximum atomic E-state index is 12.3. The molecule has 0 aliphatic carbocycles. The molecule has 3 nitrogen and oxygen atoms in total. The van der Waals surface area contributed by atoms with Crippen LogP contribution in [-0.4, -0.2) is 15.3 Å². The van der Waals surface area contributed by atoms with Gasteiger partial charge in [0.05, 0.1) is 0 Å². The van der Waals surface area contributed by atoms with Crippen molar-refractivity contribution in [3.63, 3.8) is 0 Å². The van der Waals surface area contributed by atoms with Crippen LogP contribution in [0.4, 0.5) is 0 Å². The second-order valence-electron chi connectivity index (χ2n) is 3.83. The number of aromatic nitrogens is 2. The molecule has 0 spiro atoms. The van der Waals surface area contributed by atoms with Crippen LogP contribution in [0.25, 0.3) is 0 Å². The summed E-state index contributed by atoms with van der Waals surface area (Å²) < 4.78 is 2.83. The van der Waals surface area contributed by atoms with E-state index in [0.717, 1.165) is 16.6 Å². The Balaban J connectivity index is 2.44. The van der Waals surface area contributed by atoms with Gasteiger partial charge in [-0.05, 0) is 37.6 Å². The van der Waals surface area contributed by atoms with Gasteiger partial charge < -0.3 is 4.57 Å². The van der Waals surface area contributed by atoms with E-state index in [4.69, 9.17) is 0 Å². The lowest BCUT2D eigenvalue weighted by molar-refractivity contribution is 0.102. The van der Waals surface area contributed by atoms with Crippen molar-refractivity contribution in [2.24, 2.45) is 0 Å². The second kappa shape index (κ2) is 4.84. The average molecular weight is 293 g/mol. The zero-order valence-corrected chi connectivity index (χ0v) is 11.4. The number of carbonyl (C=O) groups excluding carboxylic acids is 1. The number of imidazole rings is 1. The highest BCUT2D eigenvalue weighted by atomic mass is 79.9. The number of hydrogen-bond donors (Lipinski definition) is 0. The van der Waals surface area contributed by atoms with Gasteiger partial charge in [0, 0.05) is 29.0 Å². The number of rotatable bonds is 3. The zero-order chi connectivity index (χ0) is 12.4. The number of halogens is 1. The Kier molecular flexibility index (Phi) is 3.43. The van der Waals surface area contributed by atoms with E-state index in [9.17, 15) is 4.79 Å². The SMILES string of the molecule is CCn1ccnc1C(=O)c1ccc(Br)cc1C. The molecular formula is C13H13BrN2O. The first kappa shape index (κ1) is 12.0. The molecule has 0 saturated carbocycles. The Bertz CT molecular complexity index is 560. The monoisotopic (exact) mass is 292 g/mol. The van der Waals surface area contributed by atoms with Crippen LogP contribution in [0, 0.1) is 6.92 Å². The Hall–Kier alpha value is -1.42. The minimum Gasteiger partial charge on any atom is -0.328 e. The molecule has 17 heavy (non-hydrogen) atoms. The third-order valence-electron chi connectivity index (χ3n) is 2.69. The van der Waals surface area contributed by atoms with E-state index in [1.54, 1.807) is 6.20 Å². The first-order chi connectivity index (χ1) is 8.13. The summed E-state index contributed by atoms with van der Waals surface area (Å²) in [7, 11) is 0. The molecule has 0 atom stereocenters. The van der Waals surface area contributed by atoms with Crippen LogP contribution in [0.1, 0.15) is 28.7 Å². The third-order valence-corrected chi connectivity index (χ3v) is 3.19. The molecule has 0 amide bonds. The van der Waals surface area contributed by atoms with Crippen molar-refractivity contribution in [1.29, 1.82) is 0 Å². The van der Waals surface area contributed by atoms with Gasteiger partial charge in [0.25, 0.3) is 0 Å². The van der Waals surface area contributed by atoms with Gasteiger partial charge in [-0.3, -0.25) is 4.79 Å². The summed E-state index contributed by atoms with van der Waals surface area (Å²) in [6, 6.07) is 5.64. The van der Waals surface area contributed by atoms with Crippen LogP contribution in [-0.2, 0) is 6.54 Å². The fourth-order valence-electron chi connectivity index (χ4n) is 1.78. The summed E-state index contributed by atoms with van der Waals surface area (Å²) in [5, 5.41) is 0. The van der Waals surface area contributed by atoms with Crippen LogP contribution in [0.3, 0.4) is 0 Å². The van der Waals surface area contributed by atoms with Crippen LogP contribution < -0.4 is 0 Å². The third kappa shape index (κ3) is 2.31. The molecule has 1 aromatic carbocycles. The van der Waals surface area contributed by atoms with E-state index in [2.05, 4.69) is 20.9 Å². The van der Waals surface area contributed by atoms with Crippen molar-refractivity contribution in [3.05, 3.63) is 52.0 Å². The smallest absolute Gasteiger partial charge is 0.228 e. The Labute approximate surface area is 109 Å². The maximum Gasteiger partial charge on any atom is 0.228 e. The molecule has 0 fully saturated rings. The average Bonchev–Trinajstić information content (AvgIpc) is 2.76. The number of carbonyl (C=O) groups is 1. The van der Waals surface area contributed by atoms with Crippen molar-refractivity contribution in [2.45, 2.75) is 20.4 Å². The molecule has 2 rings (SSSR count). The van der Waals surface area contributed by atoms with Gasteiger partial charge in [-0.25, -0.2) is 4.98 Å². The van der Waals surface area contributed by atoms with Crippen molar-refractivity contribution >= 4 is 21.7 Å². The molecular weight excluding hydrogens is 280 g/mol. The Morgan fingerprint density at radius 3 is 2.88 bits per heavy atom. The van der Waals surface area contributed by atoms with E-state index in [0.29, 0.717) is 11.4 Å². The van der Waals surface area contributed by atoms with E-state index in [1.807, 2.05) is 42.8 Å². The minimum atomic E-state index is -0.0261. The molecule has 0 aliphatic heterocycles. The summed E-state index contributed by atoms with van der Waals surface area (Å²) in [6.45, 7) is 4.67. The summed E-state index contributed by atoms with van der Waals surface area (Å²) >= 11 is 3.39. The molecule has 0 unspecified atom stereocenters. The normalized spacial score (nSPS) is 10.5. The minimum absolute atomic E-state index is 0.0261. The van der Waals surface area contributed by atoms with Gasteiger partial charge in [0.2, 0.25) is 5.78 Å². The molecule has 0 radical (unpaired) electrons. The van der Waals surface area contributed by atoms with E-state index < -0.39 is 0 Å². The number of hydrogen-bond acceptors (Lipinski definition) is 2. The summed E-state index contributed by atoms with van der Waals surface area (Å²) in [5.41, 5.74) is 1.66. The molecule has 0 bridgehead atoms. The lowest BCUT2D eigenvalue weighted by Crippen LogP contribution is -2.11. The fraction of sp³-hybridized carbons (Fsp3) is 0.231. The molecule has 0 aliphatic rings. The first-order valence-corrected chi connectivity index (χ1v) is 6.24. The lowest BCUT2D eigenvalue weighted by atomic mass is 10.0. The highest BCUT2D eigenvalue weighted by Crippen LogP contribution is 2.18. The number of aryl methyl sites for hydroxylation is 2. The summed E-state index contributed by atoms with van der Waals surface area (Å²) in [5.74, 6) is 0.472. The van der Waals surface area contributed by atoms with Crippen LogP contribution >= 0.6 is 15.9 Å². The van der Waals surface area contributed by atoms with E-state index in [1.165, 1.54) is 0 Å². The standard InChI is InChI=1S/C13H13BrN2O/c1-3-16-7-6-15-13(16)12(17)11-5-4-10(14)8-9(11)2/h4-8H,3H2,1-2H3. The summed E-state index contributed by atoms with van der Waals surface area (Å²) in [4.78, 5) is 16.4. The van der Waals surface area contributed by atoms with Crippen molar-refractivity contribution in [1.82, 2.24) is 9.55 Å². The molecule has 88 valence electrons. The van der Waals surface area contributed by atoms with Crippen molar-refractivity contribution < 1.29 is 4.79 Å². The highest BCUT2D eigenvalue weighted by molar-refractivity contribution is 9.10. The highest BCUT2D eigenvalue weighted by Gasteiger charge is 2.16. The molecule has 2 aromatic rings. The van der Waals surface area contributed by atoms with Crippen molar-refractivity contribution in [2.75, 3.05) is 0 Å². The maximum absolute atomic E-state index is 12.3. The number of ketones is 1. The number of benzene rings is 1. The largest absolute Gasteiger partial charge is 0.328 e. The predicted molar refractivity (Wildman–Crippen MR) is 70.2 cm³/mol. The van der Waals surface area contributed by atoms with Gasteiger partial charge in [-0.15, -0.1) is 0 Å². The van der Waals surface area contributed by atoms with Crippen LogP contribution in [0.5, 0.6) is 0 Å². The zero-order valence-electron chi connectivity index (χ0n) is 9.77. The van der Waals surface area contributed by atoms with Crippen LogP contribution in [0.2, 0.25) is 0 Å². The molecule has 1 heterocycles. The Morgan fingerprint density at radius 1 is 1.47 bits per heavy atom. The van der Waals surface area contributed by atoms with E-state index >= 15 is 0 Å². The number of nitrogens with zero attached hydrogens (tertiary/aromatic N) is 2. The van der Waals surface area contributed by atoms with Gasteiger partial charge in [-0.1, -0.05) is 15.9 Å². The van der Waals surface area contributed by atoms with Crippen LogP contribution in [0.15, 0.2) is 35.1 Å². The second-order valence-corrected chi connectivity index (χ2v) is 4.74. The van der Waals surface area contributed by atoms with Gasteiger partial charge >= 0.3 is 0 Å². The quantitative estimate of drug-likeness (QED) is 0.814. The first-order valence-electron chi connectivity index (χ1n) is 5.45. The molecule has 1 aromatic heterocycles. The predicted octanol–water partition coefficient (Wildman–Crippen LogP) is 3.20. The Morgan fingerprint density at radius 2 is 2.24 bits per heavy atom. The van der Waals surface area contributed by atoms with Gasteiger partial charge in [0.1, 0.15) is 0 Å². The molecule has 0 N–H and O–H groups in total.